The second-order valence-electron chi connectivity index (χ2n) is 5.20. The molecular weight excluding hydrogens is 258 g/mol. The molecule has 0 bridgehead atoms. The Kier molecular flexibility index (Phi) is 3.83. The number of phenolic OH excluding ortho intramolecular Hbond substituents is 1. The molecule has 6 nitrogen and oxygen atoms in total. The van der Waals surface area contributed by atoms with Crippen LogP contribution in [-0.4, -0.2) is 27.6 Å². The van der Waals surface area contributed by atoms with Crippen molar-refractivity contribution < 1.29 is 15.1 Å². The second-order valence-corrected chi connectivity index (χ2v) is 5.20. The van der Waals surface area contributed by atoms with Crippen LogP contribution in [0, 0.1) is 6.92 Å². The van der Waals surface area contributed by atoms with Crippen molar-refractivity contribution in [2.45, 2.75) is 38.1 Å². The summed E-state index contributed by atoms with van der Waals surface area (Å²) >= 11 is 0. The van der Waals surface area contributed by atoms with Crippen molar-refractivity contribution in [1.82, 2.24) is 5.32 Å². The fraction of sp³-hybridized carbons (Fsp3) is 0.429. The summed E-state index contributed by atoms with van der Waals surface area (Å²) in [5, 5.41) is 24.7. The monoisotopic (exact) mass is 277 g/mol. The number of carbonyl (C=O) groups is 1. The molecule has 1 aromatic carbocycles. The van der Waals surface area contributed by atoms with E-state index in [1.165, 1.54) is 0 Å². The standard InChI is InChI=1S/C14H19N3O3/c1-9-5-4-6-10(11(9)18)12(19)16-14(13(15)17-20)7-2-3-8-14/h4-6,18,20H,2-3,7-8H2,1H3,(H2,15,17)(H,16,19). The lowest BCUT2D eigenvalue weighted by atomic mass is 9.95. The molecule has 0 aromatic heterocycles. The fourth-order valence-electron chi connectivity index (χ4n) is 2.65. The van der Waals surface area contributed by atoms with E-state index in [1.54, 1.807) is 25.1 Å². The molecule has 0 aliphatic heterocycles. The molecule has 2 rings (SSSR count). The van der Waals surface area contributed by atoms with Gasteiger partial charge in [-0.2, -0.15) is 0 Å². The average Bonchev–Trinajstić information content (AvgIpc) is 2.90. The van der Waals surface area contributed by atoms with Crippen molar-refractivity contribution >= 4 is 11.7 Å². The molecule has 6 heteroatoms. The second kappa shape index (κ2) is 5.40. The van der Waals surface area contributed by atoms with Crippen LogP contribution in [0.4, 0.5) is 0 Å². The summed E-state index contributed by atoms with van der Waals surface area (Å²) in [5.41, 5.74) is 5.74. The lowest BCUT2D eigenvalue weighted by molar-refractivity contribution is 0.0920. The molecule has 0 saturated heterocycles. The Bertz CT molecular complexity index is 549. The number of hydrogen-bond donors (Lipinski definition) is 4. The zero-order valence-corrected chi connectivity index (χ0v) is 11.4. The van der Waals surface area contributed by atoms with Crippen molar-refractivity contribution in [3.63, 3.8) is 0 Å². The molecule has 0 heterocycles. The summed E-state index contributed by atoms with van der Waals surface area (Å²) in [5.74, 6) is -0.451. The highest BCUT2D eigenvalue weighted by atomic mass is 16.4. The number of aryl methyl sites for hydroxylation is 1. The third-order valence-corrected chi connectivity index (χ3v) is 3.89. The molecule has 1 aliphatic carbocycles. The summed E-state index contributed by atoms with van der Waals surface area (Å²) in [4.78, 5) is 12.3. The van der Waals surface area contributed by atoms with Gasteiger partial charge in [0.25, 0.3) is 5.91 Å². The average molecular weight is 277 g/mol. The van der Waals surface area contributed by atoms with E-state index in [4.69, 9.17) is 10.9 Å². The topological polar surface area (TPSA) is 108 Å². The van der Waals surface area contributed by atoms with Crippen LogP contribution in [0.3, 0.4) is 0 Å². The number of oxime groups is 1. The first kappa shape index (κ1) is 14.2. The first-order valence-electron chi connectivity index (χ1n) is 6.59. The van der Waals surface area contributed by atoms with Crippen LogP contribution in [0.5, 0.6) is 5.75 Å². The zero-order chi connectivity index (χ0) is 14.8. The van der Waals surface area contributed by atoms with Gasteiger partial charge >= 0.3 is 0 Å². The van der Waals surface area contributed by atoms with E-state index in [0.717, 1.165) is 12.8 Å². The lowest BCUT2D eigenvalue weighted by Crippen LogP contribution is -2.55. The first-order chi connectivity index (χ1) is 9.50. The van der Waals surface area contributed by atoms with Crippen LogP contribution in [0.25, 0.3) is 0 Å². The first-order valence-corrected chi connectivity index (χ1v) is 6.59. The Morgan fingerprint density at radius 3 is 2.65 bits per heavy atom. The van der Waals surface area contributed by atoms with Crippen LogP contribution >= 0.6 is 0 Å². The van der Waals surface area contributed by atoms with Crippen molar-refractivity contribution in [3.05, 3.63) is 29.3 Å². The summed E-state index contributed by atoms with van der Waals surface area (Å²) in [6, 6.07) is 4.97. The number of para-hydroxylation sites is 1. The molecule has 1 aromatic rings. The maximum atomic E-state index is 12.3. The van der Waals surface area contributed by atoms with Gasteiger partial charge in [-0.15, -0.1) is 0 Å². The van der Waals surface area contributed by atoms with E-state index in [-0.39, 0.29) is 17.1 Å². The number of amidine groups is 1. The number of rotatable bonds is 3. The van der Waals surface area contributed by atoms with Gasteiger partial charge < -0.3 is 21.4 Å². The molecule has 0 unspecified atom stereocenters. The van der Waals surface area contributed by atoms with Gasteiger partial charge in [0.1, 0.15) is 11.3 Å². The summed E-state index contributed by atoms with van der Waals surface area (Å²) < 4.78 is 0. The van der Waals surface area contributed by atoms with Crippen LogP contribution in [0.1, 0.15) is 41.6 Å². The minimum absolute atomic E-state index is 0.00972. The Hall–Kier alpha value is -2.24. The Morgan fingerprint density at radius 2 is 2.05 bits per heavy atom. The number of phenols is 1. The number of nitrogens with one attached hydrogen (secondary N) is 1. The number of benzene rings is 1. The lowest BCUT2D eigenvalue weighted by Gasteiger charge is -2.28. The van der Waals surface area contributed by atoms with E-state index >= 15 is 0 Å². The molecule has 0 radical (unpaired) electrons. The molecule has 108 valence electrons. The van der Waals surface area contributed by atoms with Gasteiger partial charge in [-0.3, -0.25) is 4.79 Å². The third kappa shape index (κ3) is 2.41. The van der Waals surface area contributed by atoms with Gasteiger partial charge in [-0.05, 0) is 31.4 Å². The summed E-state index contributed by atoms with van der Waals surface area (Å²) in [7, 11) is 0. The Balaban J connectivity index is 2.28. The molecule has 0 atom stereocenters. The fourth-order valence-corrected chi connectivity index (χ4v) is 2.65. The molecular formula is C14H19N3O3. The van der Waals surface area contributed by atoms with Crippen molar-refractivity contribution in [3.8, 4) is 5.75 Å². The van der Waals surface area contributed by atoms with Gasteiger partial charge in [0, 0.05) is 0 Å². The van der Waals surface area contributed by atoms with Crippen LogP contribution in [0.15, 0.2) is 23.4 Å². The largest absolute Gasteiger partial charge is 0.507 e. The number of hydrogen-bond acceptors (Lipinski definition) is 4. The minimum atomic E-state index is -0.817. The van der Waals surface area contributed by atoms with E-state index < -0.39 is 11.4 Å². The van der Waals surface area contributed by atoms with E-state index in [0.29, 0.717) is 18.4 Å². The van der Waals surface area contributed by atoms with Crippen LogP contribution in [-0.2, 0) is 0 Å². The Morgan fingerprint density at radius 1 is 1.40 bits per heavy atom. The van der Waals surface area contributed by atoms with Gasteiger partial charge in [0.2, 0.25) is 0 Å². The van der Waals surface area contributed by atoms with Crippen LogP contribution in [0.2, 0.25) is 0 Å². The van der Waals surface area contributed by atoms with Gasteiger partial charge in [0.15, 0.2) is 5.84 Å². The van der Waals surface area contributed by atoms with E-state index in [9.17, 15) is 9.90 Å². The molecule has 5 N–H and O–H groups in total. The van der Waals surface area contributed by atoms with Crippen molar-refractivity contribution in [2.24, 2.45) is 10.9 Å². The highest BCUT2D eigenvalue weighted by Gasteiger charge is 2.40. The highest BCUT2D eigenvalue weighted by molar-refractivity contribution is 6.02. The van der Waals surface area contributed by atoms with E-state index in [1.807, 2.05) is 0 Å². The number of nitrogens with two attached hydrogens (primary N) is 1. The van der Waals surface area contributed by atoms with Gasteiger partial charge in [-0.25, -0.2) is 0 Å². The summed E-state index contributed by atoms with van der Waals surface area (Å²) in [6.07, 6.45) is 3.05. The van der Waals surface area contributed by atoms with Crippen LogP contribution < -0.4 is 11.1 Å². The normalized spacial score (nSPS) is 17.9. The molecule has 1 aliphatic rings. The van der Waals surface area contributed by atoms with Crippen molar-refractivity contribution in [1.29, 1.82) is 0 Å². The maximum Gasteiger partial charge on any atom is 0.255 e. The molecule has 1 saturated carbocycles. The Labute approximate surface area is 117 Å². The number of aromatic hydroxyl groups is 1. The highest BCUT2D eigenvalue weighted by Crippen LogP contribution is 2.31. The predicted molar refractivity (Wildman–Crippen MR) is 74.9 cm³/mol. The molecule has 1 amide bonds. The quantitative estimate of drug-likeness (QED) is 0.290. The number of nitrogens with zero attached hydrogens (tertiary/aromatic N) is 1. The SMILES string of the molecule is Cc1cccc(C(=O)NC2(/C(N)=N/O)CCCC2)c1O. The smallest absolute Gasteiger partial charge is 0.255 e. The zero-order valence-electron chi connectivity index (χ0n) is 11.4. The predicted octanol–water partition coefficient (Wildman–Crippen LogP) is 1.49. The minimum Gasteiger partial charge on any atom is -0.507 e. The maximum absolute atomic E-state index is 12.3. The third-order valence-electron chi connectivity index (χ3n) is 3.89. The van der Waals surface area contributed by atoms with Gasteiger partial charge in [0.05, 0.1) is 5.56 Å². The molecule has 0 spiro atoms. The van der Waals surface area contributed by atoms with Gasteiger partial charge in [-0.1, -0.05) is 30.1 Å². The summed E-state index contributed by atoms with van der Waals surface area (Å²) in [6.45, 7) is 1.72. The molecule has 1 fully saturated rings. The number of carbonyl (C=O) groups excluding carboxylic acids is 1. The van der Waals surface area contributed by atoms with Crippen molar-refractivity contribution in [2.75, 3.05) is 0 Å². The molecule has 20 heavy (non-hydrogen) atoms. The number of amides is 1. The van der Waals surface area contributed by atoms with E-state index in [2.05, 4.69) is 10.5 Å².